The molecule has 2 aliphatic heterocycles. The summed E-state index contributed by atoms with van der Waals surface area (Å²) in [4.78, 5) is 28.7. The van der Waals surface area contributed by atoms with Crippen LogP contribution < -0.4 is 10.1 Å². The average Bonchev–Trinajstić information content (AvgIpc) is 3.24. The zero-order valence-electron chi connectivity index (χ0n) is 18.6. The number of carbonyl (C=O) groups excluding carboxylic acids is 2. The zero-order valence-corrected chi connectivity index (χ0v) is 18.6. The average molecular weight is 443 g/mol. The Morgan fingerprint density at radius 2 is 2.00 bits per heavy atom. The second-order valence-electron chi connectivity index (χ2n) is 8.02. The van der Waals surface area contributed by atoms with E-state index in [2.05, 4.69) is 20.1 Å². The van der Waals surface area contributed by atoms with Crippen molar-refractivity contribution < 1.29 is 19.1 Å². The van der Waals surface area contributed by atoms with Crippen molar-refractivity contribution in [1.29, 1.82) is 0 Å². The van der Waals surface area contributed by atoms with Crippen molar-refractivity contribution in [3.63, 3.8) is 0 Å². The van der Waals surface area contributed by atoms with Crippen LogP contribution in [0, 0.1) is 0 Å². The molecule has 1 aromatic carbocycles. The van der Waals surface area contributed by atoms with Gasteiger partial charge in [0, 0.05) is 39.2 Å². The van der Waals surface area contributed by atoms with Crippen LogP contribution in [0.2, 0.25) is 0 Å². The fraction of sp³-hybridized carbons (Fsp3) is 0.545. The van der Waals surface area contributed by atoms with Crippen LogP contribution in [0.25, 0.3) is 0 Å². The molecule has 2 aliphatic rings. The first-order valence-electron chi connectivity index (χ1n) is 11.1. The van der Waals surface area contributed by atoms with Gasteiger partial charge in [0.25, 0.3) is 0 Å². The largest absolute Gasteiger partial charge is 0.492 e. The standard InChI is InChI=1S/C22H30N6O4/c1-3-32-18-9-5-4-8-17(18)23-22(30)27-11-12-28-19(14-27)24-25-21(28)16-7-6-10-26(13-16)20(29)15-31-2/h4-5,8-9,16H,3,6-7,10-15H2,1-2H3,(H,23,30). The number of hydrogen-bond acceptors (Lipinski definition) is 6. The highest BCUT2D eigenvalue weighted by Crippen LogP contribution is 2.28. The first-order valence-corrected chi connectivity index (χ1v) is 11.1. The molecular formula is C22H30N6O4. The lowest BCUT2D eigenvalue weighted by atomic mass is 9.97. The van der Waals surface area contributed by atoms with Crippen molar-refractivity contribution in [2.45, 2.75) is 38.8 Å². The van der Waals surface area contributed by atoms with E-state index in [4.69, 9.17) is 9.47 Å². The molecule has 1 aromatic heterocycles. The summed E-state index contributed by atoms with van der Waals surface area (Å²) in [5, 5.41) is 11.8. The monoisotopic (exact) mass is 442 g/mol. The Labute approximate surface area is 187 Å². The van der Waals surface area contributed by atoms with Gasteiger partial charge < -0.3 is 29.2 Å². The molecular weight excluding hydrogens is 412 g/mol. The van der Waals surface area contributed by atoms with E-state index in [-0.39, 0.29) is 24.5 Å². The number of rotatable bonds is 6. The number of aromatic nitrogens is 3. The van der Waals surface area contributed by atoms with E-state index in [1.165, 1.54) is 7.11 Å². The smallest absolute Gasteiger partial charge is 0.322 e. The maximum Gasteiger partial charge on any atom is 0.322 e. The molecule has 1 atom stereocenters. The fourth-order valence-electron chi connectivity index (χ4n) is 4.33. The van der Waals surface area contributed by atoms with Crippen LogP contribution >= 0.6 is 0 Å². The van der Waals surface area contributed by atoms with Gasteiger partial charge in [0.1, 0.15) is 18.2 Å². The minimum atomic E-state index is -0.193. The van der Waals surface area contributed by atoms with Gasteiger partial charge in [-0.3, -0.25) is 4.79 Å². The summed E-state index contributed by atoms with van der Waals surface area (Å²) in [5.41, 5.74) is 0.648. The zero-order chi connectivity index (χ0) is 22.5. The van der Waals surface area contributed by atoms with Gasteiger partial charge in [0.05, 0.1) is 18.8 Å². The summed E-state index contributed by atoms with van der Waals surface area (Å²) >= 11 is 0. The fourth-order valence-corrected chi connectivity index (χ4v) is 4.33. The second kappa shape index (κ2) is 9.99. The molecule has 1 N–H and O–H groups in total. The highest BCUT2D eigenvalue weighted by atomic mass is 16.5. The van der Waals surface area contributed by atoms with Crippen LogP contribution in [-0.2, 0) is 22.6 Å². The molecule has 1 fully saturated rings. The van der Waals surface area contributed by atoms with Crippen molar-refractivity contribution in [3.05, 3.63) is 35.9 Å². The lowest BCUT2D eigenvalue weighted by Gasteiger charge is -2.33. The molecule has 10 nitrogen and oxygen atoms in total. The molecule has 1 saturated heterocycles. The number of urea groups is 1. The number of amides is 3. The number of anilines is 1. The van der Waals surface area contributed by atoms with Crippen LogP contribution in [0.5, 0.6) is 5.75 Å². The van der Waals surface area contributed by atoms with Crippen LogP contribution in [0.1, 0.15) is 37.3 Å². The van der Waals surface area contributed by atoms with E-state index >= 15 is 0 Å². The Balaban J connectivity index is 1.41. The number of likely N-dealkylation sites (tertiary alicyclic amines) is 1. The number of carbonyl (C=O) groups is 2. The van der Waals surface area contributed by atoms with Crippen molar-refractivity contribution in [3.8, 4) is 5.75 Å². The third kappa shape index (κ3) is 4.69. The quantitative estimate of drug-likeness (QED) is 0.735. The van der Waals surface area contributed by atoms with Crippen molar-refractivity contribution in [1.82, 2.24) is 24.6 Å². The Hall–Kier alpha value is -3.14. The summed E-state index contributed by atoms with van der Waals surface area (Å²) in [6, 6.07) is 7.21. The van der Waals surface area contributed by atoms with E-state index < -0.39 is 0 Å². The van der Waals surface area contributed by atoms with Gasteiger partial charge in [-0.25, -0.2) is 4.79 Å². The predicted octanol–water partition coefficient (Wildman–Crippen LogP) is 2.08. The van der Waals surface area contributed by atoms with Gasteiger partial charge >= 0.3 is 6.03 Å². The number of para-hydroxylation sites is 2. The Morgan fingerprint density at radius 1 is 1.16 bits per heavy atom. The summed E-state index contributed by atoms with van der Waals surface area (Å²) in [7, 11) is 1.53. The number of methoxy groups -OCH3 is 1. The van der Waals surface area contributed by atoms with Crippen molar-refractivity contribution in [2.24, 2.45) is 0 Å². The van der Waals surface area contributed by atoms with Gasteiger partial charge in [-0.2, -0.15) is 0 Å². The first-order chi connectivity index (χ1) is 15.6. The number of hydrogen-bond donors (Lipinski definition) is 1. The molecule has 0 radical (unpaired) electrons. The molecule has 0 aliphatic carbocycles. The topological polar surface area (TPSA) is 102 Å². The number of piperidine rings is 1. The first kappa shape index (κ1) is 22.1. The molecule has 3 heterocycles. The van der Waals surface area contributed by atoms with Crippen LogP contribution in [0.3, 0.4) is 0 Å². The van der Waals surface area contributed by atoms with E-state index in [1.807, 2.05) is 36.1 Å². The molecule has 3 amide bonds. The molecule has 172 valence electrons. The molecule has 4 rings (SSSR count). The van der Waals surface area contributed by atoms with Crippen LogP contribution in [0.4, 0.5) is 10.5 Å². The highest BCUT2D eigenvalue weighted by molar-refractivity contribution is 5.91. The SMILES string of the molecule is CCOc1ccccc1NC(=O)N1CCn2c(nnc2C2CCCN(C(=O)COC)C2)C1. The van der Waals surface area contributed by atoms with Crippen molar-refractivity contribution in [2.75, 3.05) is 45.3 Å². The minimum absolute atomic E-state index is 0.00534. The van der Waals surface area contributed by atoms with Gasteiger partial charge in [0.2, 0.25) is 5.91 Å². The normalized spacial score (nSPS) is 18.2. The van der Waals surface area contributed by atoms with Crippen molar-refractivity contribution >= 4 is 17.6 Å². The number of nitrogens with one attached hydrogen (secondary N) is 1. The van der Waals surface area contributed by atoms with Gasteiger partial charge in [0.15, 0.2) is 5.82 Å². The molecule has 10 heteroatoms. The van der Waals surface area contributed by atoms with Gasteiger partial charge in [-0.05, 0) is 31.9 Å². The Kier molecular flexibility index (Phi) is 6.89. The maximum atomic E-state index is 12.9. The molecule has 32 heavy (non-hydrogen) atoms. The summed E-state index contributed by atoms with van der Waals surface area (Å²) in [6.07, 6.45) is 1.89. The van der Waals surface area contributed by atoms with E-state index in [9.17, 15) is 9.59 Å². The lowest BCUT2D eigenvalue weighted by Crippen LogP contribution is -2.43. The lowest BCUT2D eigenvalue weighted by molar-refractivity contribution is -0.136. The van der Waals surface area contributed by atoms with Gasteiger partial charge in [-0.1, -0.05) is 12.1 Å². The summed E-state index contributed by atoms with van der Waals surface area (Å²) in [5.74, 6) is 2.46. The number of benzene rings is 1. The third-order valence-corrected chi connectivity index (χ3v) is 5.90. The summed E-state index contributed by atoms with van der Waals surface area (Å²) in [6.45, 7) is 5.47. The molecule has 2 aromatic rings. The summed E-state index contributed by atoms with van der Waals surface area (Å²) < 4.78 is 12.7. The Bertz CT molecular complexity index is 962. The van der Waals surface area contributed by atoms with Crippen LogP contribution in [-0.4, -0.2) is 76.5 Å². The minimum Gasteiger partial charge on any atom is -0.492 e. The number of fused-ring (bicyclic) bond motifs is 1. The molecule has 0 saturated carbocycles. The van der Waals surface area contributed by atoms with Crippen LogP contribution in [0.15, 0.2) is 24.3 Å². The third-order valence-electron chi connectivity index (χ3n) is 5.90. The molecule has 1 unspecified atom stereocenters. The van der Waals surface area contributed by atoms with E-state index in [1.54, 1.807) is 4.90 Å². The molecule has 0 bridgehead atoms. The highest BCUT2D eigenvalue weighted by Gasteiger charge is 2.31. The second-order valence-corrected chi connectivity index (χ2v) is 8.02. The van der Waals surface area contributed by atoms with Gasteiger partial charge in [-0.15, -0.1) is 10.2 Å². The predicted molar refractivity (Wildman–Crippen MR) is 117 cm³/mol. The molecule has 0 spiro atoms. The van der Waals surface area contributed by atoms with E-state index in [0.29, 0.717) is 44.2 Å². The maximum absolute atomic E-state index is 12.9. The Morgan fingerprint density at radius 3 is 2.81 bits per heavy atom. The number of ether oxygens (including phenoxy) is 2. The van der Waals surface area contributed by atoms with E-state index in [0.717, 1.165) is 31.0 Å². The number of nitrogens with zero attached hydrogens (tertiary/aromatic N) is 5.